The lowest BCUT2D eigenvalue weighted by Gasteiger charge is -2.07. The number of anilines is 1. The van der Waals surface area contributed by atoms with Gasteiger partial charge in [-0.25, -0.2) is 0 Å². The van der Waals surface area contributed by atoms with Gasteiger partial charge in [0.25, 0.3) is 0 Å². The lowest BCUT2D eigenvalue weighted by atomic mass is 10.0. The first-order chi connectivity index (χ1) is 8.56. The number of aromatic nitrogens is 2. The quantitative estimate of drug-likeness (QED) is 0.795. The minimum absolute atomic E-state index is 0.0534. The van der Waals surface area contributed by atoms with Crippen molar-refractivity contribution in [2.75, 3.05) is 12.8 Å². The van der Waals surface area contributed by atoms with E-state index in [1.807, 2.05) is 0 Å². The molecule has 0 spiro atoms. The molecule has 0 fully saturated rings. The van der Waals surface area contributed by atoms with Crippen LogP contribution in [0.1, 0.15) is 10.4 Å². The molecule has 0 aliphatic heterocycles. The molecule has 6 nitrogen and oxygen atoms in total. The summed E-state index contributed by atoms with van der Waals surface area (Å²) in [5, 5.41) is 13.9. The number of nitrogen functional groups attached to an aromatic ring is 1. The molecule has 2 rings (SSSR count). The van der Waals surface area contributed by atoms with Gasteiger partial charge in [0.05, 0.1) is 12.8 Å². The topological polar surface area (TPSA) is 90.4 Å². The van der Waals surface area contributed by atoms with Crippen LogP contribution in [-0.4, -0.2) is 28.3 Å². The summed E-state index contributed by atoms with van der Waals surface area (Å²) in [7, 11) is 3.12. The summed E-state index contributed by atoms with van der Waals surface area (Å²) >= 11 is 0. The zero-order chi connectivity index (χ0) is 13.3. The highest BCUT2D eigenvalue weighted by atomic mass is 16.5. The second-order valence-corrected chi connectivity index (χ2v) is 3.81. The first-order valence-corrected chi connectivity index (χ1v) is 5.23. The normalized spacial score (nSPS) is 10.3. The number of phenols is 1. The van der Waals surface area contributed by atoms with Gasteiger partial charge in [0.2, 0.25) is 0 Å². The average Bonchev–Trinajstić information content (AvgIpc) is 2.69. The fourth-order valence-corrected chi connectivity index (χ4v) is 1.68. The van der Waals surface area contributed by atoms with E-state index < -0.39 is 0 Å². The molecule has 6 heteroatoms. The number of phenolic OH excluding ortho intramolecular Hbond substituents is 1. The highest BCUT2D eigenvalue weighted by molar-refractivity contribution is 5.88. The fourth-order valence-electron chi connectivity index (χ4n) is 1.68. The van der Waals surface area contributed by atoms with Crippen molar-refractivity contribution in [2.24, 2.45) is 7.05 Å². The second kappa shape index (κ2) is 4.40. The molecule has 0 saturated heterocycles. The van der Waals surface area contributed by atoms with E-state index in [1.54, 1.807) is 13.1 Å². The monoisotopic (exact) mass is 247 g/mol. The Labute approximate surface area is 104 Å². The molecule has 0 radical (unpaired) electrons. The Morgan fingerprint density at radius 3 is 2.67 bits per heavy atom. The zero-order valence-electron chi connectivity index (χ0n) is 10.0. The van der Waals surface area contributed by atoms with E-state index in [4.69, 9.17) is 10.5 Å². The molecule has 0 aliphatic carbocycles. The summed E-state index contributed by atoms with van der Waals surface area (Å²) in [5.41, 5.74) is 7.10. The van der Waals surface area contributed by atoms with Gasteiger partial charge in [0.15, 0.2) is 17.8 Å². The molecule has 3 N–H and O–H groups in total. The van der Waals surface area contributed by atoms with Gasteiger partial charge in [-0.1, -0.05) is 0 Å². The Kier molecular flexibility index (Phi) is 2.93. The van der Waals surface area contributed by atoms with E-state index in [-0.39, 0.29) is 11.5 Å². The Bertz CT molecular complexity index is 585. The van der Waals surface area contributed by atoms with Gasteiger partial charge in [0.1, 0.15) is 5.82 Å². The molecule has 0 amide bonds. The molecule has 1 heterocycles. The van der Waals surface area contributed by atoms with Gasteiger partial charge in [-0.05, 0) is 12.1 Å². The van der Waals surface area contributed by atoms with Crippen LogP contribution < -0.4 is 10.5 Å². The number of carbonyl (C=O) groups is 1. The number of rotatable bonds is 3. The van der Waals surface area contributed by atoms with Gasteiger partial charge < -0.3 is 15.6 Å². The Morgan fingerprint density at radius 1 is 1.44 bits per heavy atom. The molecule has 0 atom stereocenters. The largest absolute Gasteiger partial charge is 0.504 e. The van der Waals surface area contributed by atoms with Crippen LogP contribution >= 0.6 is 0 Å². The number of hydrogen-bond donors (Lipinski definition) is 2. The summed E-state index contributed by atoms with van der Waals surface area (Å²) in [5.74, 6) is 0.657. The zero-order valence-corrected chi connectivity index (χ0v) is 10.0. The molecular formula is C12H13N3O3. The van der Waals surface area contributed by atoms with Gasteiger partial charge >= 0.3 is 0 Å². The van der Waals surface area contributed by atoms with Crippen LogP contribution in [0.15, 0.2) is 18.2 Å². The summed E-state index contributed by atoms with van der Waals surface area (Å²) in [6, 6.07) is 4.53. The van der Waals surface area contributed by atoms with E-state index in [9.17, 15) is 9.90 Å². The Balaban J connectivity index is 2.63. The number of aromatic hydroxyl groups is 1. The van der Waals surface area contributed by atoms with Crippen molar-refractivity contribution >= 4 is 12.1 Å². The van der Waals surface area contributed by atoms with Crippen LogP contribution in [0.3, 0.4) is 0 Å². The Hall–Kier alpha value is -2.50. The summed E-state index contributed by atoms with van der Waals surface area (Å²) in [6.45, 7) is 0. The average molecular weight is 247 g/mol. The number of aldehydes is 1. The number of ether oxygens (including phenoxy) is 1. The number of carbonyl (C=O) groups excluding carboxylic acids is 1. The first-order valence-electron chi connectivity index (χ1n) is 5.23. The third-order valence-electron chi connectivity index (χ3n) is 2.67. The minimum atomic E-state index is -0.0534. The molecule has 0 bridgehead atoms. The smallest absolute Gasteiger partial charge is 0.161 e. The lowest BCUT2D eigenvalue weighted by Crippen LogP contribution is -1.97. The third-order valence-corrected chi connectivity index (χ3v) is 2.67. The van der Waals surface area contributed by atoms with Gasteiger partial charge in [-0.3, -0.25) is 9.48 Å². The highest BCUT2D eigenvalue weighted by Gasteiger charge is 2.14. The number of methoxy groups -OCH3 is 1. The molecule has 2 aromatic rings. The van der Waals surface area contributed by atoms with E-state index in [2.05, 4.69) is 5.10 Å². The second-order valence-electron chi connectivity index (χ2n) is 3.81. The summed E-state index contributed by atoms with van der Waals surface area (Å²) in [6.07, 6.45) is 0.683. The van der Waals surface area contributed by atoms with Crippen LogP contribution in [-0.2, 0) is 7.05 Å². The van der Waals surface area contributed by atoms with Crippen molar-refractivity contribution in [1.29, 1.82) is 0 Å². The lowest BCUT2D eigenvalue weighted by molar-refractivity contribution is 0.112. The first kappa shape index (κ1) is 12.0. The summed E-state index contributed by atoms with van der Waals surface area (Å²) in [4.78, 5) is 11.1. The van der Waals surface area contributed by atoms with E-state index >= 15 is 0 Å². The van der Waals surface area contributed by atoms with Gasteiger partial charge in [0, 0.05) is 24.2 Å². The predicted molar refractivity (Wildman–Crippen MR) is 66.7 cm³/mol. The fraction of sp³-hybridized carbons (Fsp3) is 0.167. The molecule has 0 aliphatic rings. The number of benzene rings is 1. The predicted octanol–water partition coefficient (Wildman–Crippen LogP) is 1.20. The SMILES string of the molecule is COc1cc(C=O)c(-c2cc(N)n(C)n2)cc1O. The van der Waals surface area contributed by atoms with Crippen LogP contribution in [0.5, 0.6) is 11.5 Å². The van der Waals surface area contributed by atoms with Crippen molar-refractivity contribution in [1.82, 2.24) is 9.78 Å². The van der Waals surface area contributed by atoms with Crippen molar-refractivity contribution in [3.63, 3.8) is 0 Å². The van der Waals surface area contributed by atoms with E-state index in [0.717, 1.165) is 0 Å². The van der Waals surface area contributed by atoms with E-state index in [1.165, 1.54) is 23.9 Å². The highest BCUT2D eigenvalue weighted by Crippen LogP contribution is 2.34. The van der Waals surface area contributed by atoms with Crippen molar-refractivity contribution in [3.8, 4) is 22.8 Å². The van der Waals surface area contributed by atoms with Gasteiger partial charge in [-0.2, -0.15) is 5.10 Å². The molecule has 1 aromatic carbocycles. The van der Waals surface area contributed by atoms with Crippen LogP contribution in [0.4, 0.5) is 5.82 Å². The van der Waals surface area contributed by atoms with Crippen LogP contribution in [0, 0.1) is 0 Å². The van der Waals surface area contributed by atoms with Crippen LogP contribution in [0.25, 0.3) is 11.3 Å². The maximum Gasteiger partial charge on any atom is 0.161 e. The van der Waals surface area contributed by atoms with Crippen LogP contribution in [0.2, 0.25) is 0 Å². The standard InChI is InChI=1S/C12H13N3O3/c1-15-12(13)5-9(14-15)8-4-10(17)11(18-2)3-7(8)6-16/h3-6,17H,13H2,1-2H3. The Morgan fingerprint density at radius 2 is 2.17 bits per heavy atom. The number of aryl methyl sites for hydroxylation is 1. The number of nitrogens with two attached hydrogens (primary N) is 1. The maximum absolute atomic E-state index is 11.1. The van der Waals surface area contributed by atoms with Crippen molar-refractivity contribution in [2.45, 2.75) is 0 Å². The third kappa shape index (κ3) is 1.88. The molecule has 0 unspecified atom stereocenters. The van der Waals surface area contributed by atoms with Crippen molar-refractivity contribution < 1.29 is 14.6 Å². The van der Waals surface area contributed by atoms with Crippen molar-refractivity contribution in [3.05, 3.63) is 23.8 Å². The number of hydrogen-bond acceptors (Lipinski definition) is 5. The molecule has 0 saturated carbocycles. The van der Waals surface area contributed by atoms with Gasteiger partial charge in [-0.15, -0.1) is 0 Å². The molecular weight excluding hydrogens is 234 g/mol. The summed E-state index contributed by atoms with van der Waals surface area (Å²) < 4.78 is 6.44. The minimum Gasteiger partial charge on any atom is -0.504 e. The van der Waals surface area contributed by atoms with E-state index in [0.29, 0.717) is 28.9 Å². The number of nitrogens with zero attached hydrogens (tertiary/aromatic N) is 2. The molecule has 18 heavy (non-hydrogen) atoms. The molecule has 1 aromatic heterocycles. The maximum atomic E-state index is 11.1. The molecule has 94 valence electrons.